The quantitative estimate of drug-likeness (QED) is 0.177. The minimum atomic E-state index is -0.726. The Bertz CT molecular complexity index is 2510. The molecule has 7 aromatic rings. The van der Waals surface area contributed by atoms with E-state index in [4.69, 9.17) is 28.2 Å². The molecule has 0 radical (unpaired) electrons. The van der Waals surface area contributed by atoms with Gasteiger partial charge < -0.3 is 5.11 Å². The van der Waals surface area contributed by atoms with Crippen molar-refractivity contribution in [1.29, 1.82) is 0 Å². The van der Waals surface area contributed by atoms with Crippen LogP contribution >= 0.6 is 23.2 Å². The Labute approximate surface area is 315 Å². The summed E-state index contributed by atoms with van der Waals surface area (Å²) in [7, 11) is 0. The Hall–Kier alpha value is -5.54. The summed E-state index contributed by atoms with van der Waals surface area (Å²) in [5.74, 6) is -1.46. The summed E-state index contributed by atoms with van der Waals surface area (Å²) < 4.78 is 27.5. The number of benzene rings is 5. The van der Waals surface area contributed by atoms with Crippen molar-refractivity contribution in [1.82, 2.24) is 14.9 Å². The van der Waals surface area contributed by atoms with Gasteiger partial charge in [0.1, 0.15) is 11.6 Å². The zero-order valence-corrected chi connectivity index (χ0v) is 29.3. The zero-order chi connectivity index (χ0) is 36.7. The monoisotopic (exact) mass is 747 g/mol. The van der Waals surface area contributed by atoms with Crippen molar-refractivity contribution >= 4 is 56.8 Å². The average Bonchev–Trinajstić information content (AvgIpc) is 3.39. The van der Waals surface area contributed by atoms with Gasteiger partial charge in [0.05, 0.1) is 45.7 Å². The van der Waals surface area contributed by atoms with Gasteiger partial charge in [0.25, 0.3) is 11.8 Å². The Morgan fingerprint density at radius 3 is 1.49 bits per heavy atom. The third-order valence-corrected chi connectivity index (χ3v) is 9.64. The smallest absolute Gasteiger partial charge is 0.262 e. The lowest BCUT2D eigenvalue weighted by Crippen LogP contribution is -2.33. The van der Waals surface area contributed by atoms with E-state index >= 15 is 0 Å². The van der Waals surface area contributed by atoms with E-state index in [-0.39, 0.29) is 25.1 Å². The van der Waals surface area contributed by atoms with Crippen molar-refractivity contribution in [2.45, 2.75) is 33.4 Å². The third-order valence-electron chi connectivity index (χ3n) is 8.98. The second-order valence-electron chi connectivity index (χ2n) is 12.4. The first-order valence-corrected chi connectivity index (χ1v) is 17.1. The molecule has 0 saturated carbocycles. The maximum Gasteiger partial charge on any atom is 0.262 e. The van der Waals surface area contributed by atoms with E-state index in [1.807, 2.05) is 30.3 Å². The zero-order valence-electron chi connectivity index (χ0n) is 27.8. The second-order valence-corrected chi connectivity index (χ2v) is 13.2. The molecule has 2 aromatic heterocycles. The highest BCUT2D eigenvalue weighted by molar-refractivity contribution is 6.35. The first-order valence-electron chi connectivity index (χ1n) is 16.4. The molecule has 0 fully saturated rings. The molecular formula is C43H33Cl2F2N3O3. The molecule has 53 heavy (non-hydrogen) atoms. The Kier molecular flexibility index (Phi) is 10.7. The van der Waals surface area contributed by atoms with Crippen LogP contribution in [0.1, 0.15) is 65.3 Å². The molecule has 2 amide bonds. The molecule has 10 heteroatoms. The molecule has 1 aliphatic rings. The molecule has 0 spiro atoms. The summed E-state index contributed by atoms with van der Waals surface area (Å²) in [5, 5.41) is 12.6. The van der Waals surface area contributed by atoms with E-state index in [9.17, 15) is 23.5 Å². The number of carbonyl (C=O) groups excluding carboxylic acids is 2. The number of halogens is 4. The Morgan fingerprint density at radius 1 is 0.604 bits per heavy atom. The number of aliphatic hydroxyl groups excluding tert-OH is 1. The van der Waals surface area contributed by atoms with Gasteiger partial charge in [-0.15, -0.1) is 0 Å². The maximum absolute atomic E-state index is 14.0. The molecule has 6 nitrogen and oxygen atoms in total. The SMILES string of the molecule is C.CC(O)c1cc2c(Cl)cccc2nc1-c1cccc(F)c1.CC(c1cc2c(Cl)cccc2nc1-c1cccc(F)c1)N1C(=O)c2ccccc2C1=O. The van der Waals surface area contributed by atoms with Crippen LogP contribution in [0.3, 0.4) is 0 Å². The van der Waals surface area contributed by atoms with E-state index in [0.717, 1.165) is 5.39 Å². The Balaban J connectivity index is 0.000000191. The first kappa shape index (κ1) is 37.2. The van der Waals surface area contributed by atoms with Crippen LogP contribution in [0.5, 0.6) is 0 Å². The molecule has 2 atom stereocenters. The lowest BCUT2D eigenvalue weighted by atomic mass is 9.97. The van der Waals surface area contributed by atoms with E-state index in [2.05, 4.69) is 4.98 Å². The molecule has 0 aliphatic carbocycles. The largest absolute Gasteiger partial charge is 0.389 e. The minimum absolute atomic E-state index is 0. The minimum Gasteiger partial charge on any atom is -0.389 e. The van der Waals surface area contributed by atoms with Crippen LogP contribution in [-0.4, -0.2) is 31.8 Å². The fraction of sp³-hybridized carbons (Fsp3) is 0.116. The van der Waals surface area contributed by atoms with Crippen LogP contribution in [-0.2, 0) is 0 Å². The third kappa shape index (κ3) is 7.13. The van der Waals surface area contributed by atoms with Crippen LogP contribution in [0.4, 0.5) is 8.78 Å². The standard InChI is InChI=1S/C25H16ClFN2O2.C17H13ClFNO.CH4/c1-14(29-24(30)17-8-2-3-9-18(17)25(29)31)19-13-20-21(26)10-5-11-22(20)28-23(19)15-6-4-7-16(27)12-15;1-10(21)13-9-14-15(18)6-3-7-16(14)20-17(13)11-4-2-5-12(19)8-11;/h2-14H,1H3;2-10,21H,1H3;1H4. The number of aliphatic hydroxyl groups is 1. The number of rotatable bonds is 5. The van der Waals surface area contributed by atoms with Crippen molar-refractivity contribution < 1.29 is 23.5 Å². The molecule has 1 N–H and O–H groups in total. The molecule has 266 valence electrons. The summed E-state index contributed by atoms with van der Waals surface area (Å²) in [4.78, 5) is 36.6. The van der Waals surface area contributed by atoms with E-state index in [1.165, 1.54) is 29.2 Å². The highest BCUT2D eigenvalue weighted by Crippen LogP contribution is 2.38. The maximum atomic E-state index is 14.0. The topological polar surface area (TPSA) is 83.4 Å². The summed E-state index contributed by atoms with van der Waals surface area (Å²) in [5.41, 5.74) is 5.60. The van der Waals surface area contributed by atoms with E-state index in [0.29, 0.717) is 71.2 Å². The highest BCUT2D eigenvalue weighted by Gasteiger charge is 2.39. The predicted octanol–water partition coefficient (Wildman–Crippen LogP) is 11.4. The number of imide groups is 1. The summed E-state index contributed by atoms with van der Waals surface area (Å²) >= 11 is 12.6. The number of fused-ring (bicyclic) bond motifs is 3. The van der Waals surface area contributed by atoms with Crippen molar-refractivity contribution in [3.63, 3.8) is 0 Å². The van der Waals surface area contributed by atoms with E-state index in [1.54, 1.807) is 80.6 Å². The predicted molar refractivity (Wildman–Crippen MR) is 207 cm³/mol. The number of nitrogens with zero attached hydrogens (tertiary/aromatic N) is 3. The van der Waals surface area contributed by atoms with Gasteiger partial charge in [0, 0.05) is 43.1 Å². The number of hydrogen-bond donors (Lipinski definition) is 1. The van der Waals surface area contributed by atoms with Gasteiger partial charge in [-0.1, -0.05) is 79.2 Å². The van der Waals surface area contributed by atoms with Crippen LogP contribution < -0.4 is 0 Å². The number of hydrogen-bond acceptors (Lipinski definition) is 5. The number of pyridine rings is 2. The summed E-state index contributed by atoms with van der Waals surface area (Å²) in [6, 6.07) is 32.8. The molecule has 8 rings (SSSR count). The van der Waals surface area contributed by atoms with E-state index < -0.39 is 18.0 Å². The van der Waals surface area contributed by atoms with Gasteiger partial charge in [-0.05, 0) is 86.6 Å². The van der Waals surface area contributed by atoms with Crippen LogP contribution in [0.25, 0.3) is 44.3 Å². The lowest BCUT2D eigenvalue weighted by molar-refractivity contribution is 0.0595. The van der Waals surface area contributed by atoms with Gasteiger partial charge in [0.2, 0.25) is 0 Å². The van der Waals surface area contributed by atoms with Gasteiger partial charge in [-0.25, -0.2) is 18.7 Å². The Morgan fingerprint density at radius 2 is 1.04 bits per heavy atom. The molecule has 5 aromatic carbocycles. The van der Waals surface area contributed by atoms with Gasteiger partial charge in [0.15, 0.2) is 0 Å². The molecular weight excluding hydrogens is 715 g/mol. The number of amides is 2. The number of carbonyl (C=O) groups is 2. The van der Waals surface area contributed by atoms with Gasteiger partial charge in [-0.2, -0.15) is 0 Å². The van der Waals surface area contributed by atoms with Crippen molar-refractivity contribution in [2.75, 3.05) is 0 Å². The molecule has 0 bridgehead atoms. The van der Waals surface area contributed by atoms with Crippen molar-refractivity contribution in [3.8, 4) is 22.5 Å². The second kappa shape index (κ2) is 15.2. The summed E-state index contributed by atoms with van der Waals surface area (Å²) in [6.07, 6.45) is -0.726. The van der Waals surface area contributed by atoms with Crippen LogP contribution in [0, 0.1) is 11.6 Å². The lowest BCUT2D eigenvalue weighted by Gasteiger charge is -2.25. The number of aromatic nitrogens is 2. The fourth-order valence-corrected chi connectivity index (χ4v) is 6.87. The average molecular weight is 749 g/mol. The van der Waals surface area contributed by atoms with Crippen molar-refractivity contribution in [2.24, 2.45) is 0 Å². The van der Waals surface area contributed by atoms with Crippen LogP contribution in [0.15, 0.2) is 121 Å². The molecule has 1 aliphatic heterocycles. The van der Waals surface area contributed by atoms with Gasteiger partial charge >= 0.3 is 0 Å². The van der Waals surface area contributed by atoms with Crippen molar-refractivity contribution in [3.05, 3.63) is 165 Å². The first-order chi connectivity index (χ1) is 25.0. The summed E-state index contributed by atoms with van der Waals surface area (Å²) in [6.45, 7) is 3.42. The molecule has 2 unspecified atom stereocenters. The fourth-order valence-electron chi connectivity index (χ4n) is 6.42. The molecule has 0 saturated heterocycles. The van der Waals surface area contributed by atoms with Gasteiger partial charge in [-0.3, -0.25) is 14.5 Å². The highest BCUT2D eigenvalue weighted by atomic mass is 35.5. The van der Waals surface area contributed by atoms with Crippen LogP contribution in [0.2, 0.25) is 10.0 Å². The normalized spacial score (nSPS) is 13.3. The molecule has 3 heterocycles.